The van der Waals surface area contributed by atoms with Crippen LogP contribution in [0.4, 0.5) is 0 Å². The van der Waals surface area contributed by atoms with Gasteiger partial charge in [0, 0.05) is 6.42 Å². The fourth-order valence-corrected chi connectivity index (χ4v) is 0.782. The Labute approximate surface area is 95.0 Å². The SMILES string of the molecule is CC(C)(C)OC(=O)CC#CCC(N)C(=O)O. The highest BCUT2D eigenvalue weighted by molar-refractivity contribution is 5.74. The molecule has 0 aromatic carbocycles. The summed E-state index contributed by atoms with van der Waals surface area (Å²) in [6.45, 7) is 5.29. The molecule has 0 amide bonds. The Morgan fingerprint density at radius 3 is 2.38 bits per heavy atom. The van der Waals surface area contributed by atoms with Crippen LogP contribution in [0.15, 0.2) is 0 Å². The molecular formula is C11H17NO4. The molecule has 0 saturated carbocycles. The summed E-state index contributed by atoms with van der Waals surface area (Å²) >= 11 is 0. The van der Waals surface area contributed by atoms with E-state index in [4.69, 9.17) is 15.6 Å². The molecule has 1 atom stereocenters. The predicted octanol–water partition coefficient (Wildman–Crippen LogP) is 0.524. The van der Waals surface area contributed by atoms with Crippen LogP contribution < -0.4 is 5.73 Å². The summed E-state index contributed by atoms with van der Waals surface area (Å²) in [7, 11) is 0. The first-order valence-electron chi connectivity index (χ1n) is 4.88. The van der Waals surface area contributed by atoms with Crippen LogP contribution in [-0.4, -0.2) is 28.7 Å². The van der Waals surface area contributed by atoms with Gasteiger partial charge in [0.05, 0.1) is 0 Å². The maximum Gasteiger partial charge on any atom is 0.321 e. The second kappa shape index (κ2) is 6.13. The van der Waals surface area contributed by atoms with Gasteiger partial charge in [-0.05, 0) is 20.8 Å². The maximum absolute atomic E-state index is 11.2. The number of nitrogens with two attached hydrogens (primary N) is 1. The lowest BCUT2D eigenvalue weighted by Crippen LogP contribution is -2.29. The quantitative estimate of drug-likeness (QED) is 0.542. The van der Waals surface area contributed by atoms with Crippen molar-refractivity contribution in [3.8, 4) is 11.8 Å². The molecule has 16 heavy (non-hydrogen) atoms. The summed E-state index contributed by atoms with van der Waals surface area (Å²) in [5, 5.41) is 8.46. The van der Waals surface area contributed by atoms with Crippen LogP contribution in [0, 0.1) is 11.8 Å². The van der Waals surface area contributed by atoms with Crippen LogP contribution in [0.25, 0.3) is 0 Å². The van der Waals surface area contributed by atoms with Gasteiger partial charge in [-0.1, -0.05) is 5.92 Å². The third-order valence-electron chi connectivity index (χ3n) is 1.42. The van der Waals surface area contributed by atoms with Crippen LogP contribution in [0.2, 0.25) is 0 Å². The Morgan fingerprint density at radius 2 is 1.94 bits per heavy atom. The van der Waals surface area contributed by atoms with Crippen LogP contribution >= 0.6 is 0 Å². The second-order valence-electron chi connectivity index (χ2n) is 4.27. The highest BCUT2D eigenvalue weighted by atomic mass is 16.6. The monoisotopic (exact) mass is 227 g/mol. The largest absolute Gasteiger partial charge is 0.480 e. The molecule has 0 aromatic heterocycles. The normalized spacial score (nSPS) is 12.2. The van der Waals surface area contributed by atoms with Crippen molar-refractivity contribution in [2.75, 3.05) is 0 Å². The minimum Gasteiger partial charge on any atom is -0.480 e. The summed E-state index contributed by atoms with van der Waals surface area (Å²) in [6, 6.07) is -1.01. The van der Waals surface area contributed by atoms with E-state index in [0.717, 1.165) is 0 Å². The third kappa shape index (κ3) is 7.83. The summed E-state index contributed by atoms with van der Waals surface area (Å²) < 4.78 is 5.00. The van der Waals surface area contributed by atoms with Crippen molar-refractivity contribution in [3.05, 3.63) is 0 Å². The van der Waals surface area contributed by atoms with Gasteiger partial charge in [0.15, 0.2) is 0 Å². The van der Waals surface area contributed by atoms with Gasteiger partial charge in [0.1, 0.15) is 18.1 Å². The lowest BCUT2D eigenvalue weighted by Gasteiger charge is -2.18. The number of aliphatic carboxylic acids is 1. The second-order valence-corrected chi connectivity index (χ2v) is 4.27. The molecule has 0 aliphatic heterocycles. The van der Waals surface area contributed by atoms with E-state index in [2.05, 4.69) is 11.8 Å². The van der Waals surface area contributed by atoms with Crippen LogP contribution in [-0.2, 0) is 14.3 Å². The lowest BCUT2D eigenvalue weighted by molar-refractivity contribution is -0.153. The Balaban J connectivity index is 3.93. The number of ether oxygens (including phenoxy) is 1. The Kier molecular flexibility index (Phi) is 5.54. The molecule has 0 rings (SSSR count). The average Bonchev–Trinajstić information content (AvgIpc) is 2.08. The van der Waals surface area contributed by atoms with Gasteiger partial charge in [-0.15, -0.1) is 5.92 Å². The average molecular weight is 227 g/mol. The van der Waals surface area contributed by atoms with Crippen molar-refractivity contribution >= 4 is 11.9 Å². The predicted molar refractivity (Wildman–Crippen MR) is 58.5 cm³/mol. The maximum atomic E-state index is 11.2. The van der Waals surface area contributed by atoms with Gasteiger partial charge in [0.25, 0.3) is 0 Å². The molecule has 0 aliphatic rings. The molecule has 0 spiro atoms. The van der Waals surface area contributed by atoms with E-state index >= 15 is 0 Å². The minimum atomic E-state index is -1.11. The molecule has 0 saturated heterocycles. The van der Waals surface area contributed by atoms with Crippen LogP contribution in [0.1, 0.15) is 33.6 Å². The Morgan fingerprint density at radius 1 is 1.38 bits per heavy atom. The van der Waals surface area contributed by atoms with Crippen molar-refractivity contribution in [3.63, 3.8) is 0 Å². The van der Waals surface area contributed by atoms with E-state index in [1.807, 2.05) is 0 Å². The van der Waals surface area contributed by atoms with Crippen molar-refractivity contribution in [1.29, 1.82) is 0 Å². The van der Waals surface area contributed by atoms with Crippen molar-refractivity contribution in [1.82, 2.24) is 0 Å². The van der Waals surface area contributed by atoms with E-state index < -0.39 is 23.6 Å². The molecule has 1 unspecified atom stereocenters. The first-order valence-corrected chi connectivity index (χ1v) is 4.88. The first kappa shape index (κ1) is 14.5. The first-order chi connectivity index (χ1) is 7.22. The summed E-state index contributed by atoms with van der Waals surface area (Å²) in [6.07, 6.45) is -0.0261. The minimum absolute atomic E-state index is 0.0259. The lowest BCUT2D eigenvalue weighted by atomic mass is 10.2. The zero-order chi connectivity index (χ0) is 12.8. The summed E-state index contributed by atoms with van der Waals surface area (Å²) in [4.78, 5) is 21.5. The highest BCUT2D eigenvalue weighted by Gasteiger charge is 2.15. The fourth-order valence-electron chi connectivity index (χ4n) is 0.782. The zero-order valence-corrected chi connectivity index (χ0v) is 9.74. The van der Waals surface area contributed by atoms with E-state index in [9.17, 15) is 9.59 Å². The van der Waals surface area contributed by atoms with Crippen LogP contribution in [0.3, 0.4) is 0 Å². The smallest absolute Gasteiger partial charge is 0.321 e. The number of carbonyl (C=O) groups is 2. The summed E-state index contributed by atoms with van der Waals surface area (Å²) in [5.41, 5.74) is 4.69. The van der Waals surface area contributed by atoms with Gasteiger partial charge in [-0.2, -0.15) is 0 Å². The summed E-state index contributed by atoms with van der Waals surface area (Å²) in [5.74, 6) is 3.52. The molecule has 0 aromatic rings. The number of rotatable bonds is 3. The molecule has 5 heteroatoms. The number of esters is 1. The van der Waals surface area contributed by atoms with E-state index in [-0.39, 0.29) is 12.8 Å². The van der Waals surface area contributed by atoms with E-state index in [1.165, 1.54) is 0 Å². The molecule has 0 heterocycles. The molecule has 90 valence electrons. The van der Waals surface area contributed by atoms with Crippen molar-refractivity contribution < 1.29 is 19.4 Å². The highest BCUT2D eigenvalue weighted by Crippen LogP contribution is 2.07. The molecule has 0 fully saturated rings. The Hall–Kier alpha value is -1.54. The zero-order valence-electron chi connectivity index (χ0n) is 9.74. The standard InChI is InChI=1S/C11H17NO4/c1-11(2,3)16-9(13)7-5-4-6-8(12)10(14)15/h8H,6-7,12H2,1-3H3,(H,14,15). The fraction of sp³-hybridized carbons (Fsp3) is 0.636. The molecular weight excluding hydrogens is 210 g/mol. The molecule has 5 nitrogen and oxygen atoms in total. The number of hydrogen-bond donors (Lipinski definition) is 2. The van der Waals surface area contributed by atoms with Gasteiger partial charge < -0.3 is 15.6 Å². The number of carboxylic acid groups (broad SMARTS) is 1. The van der Waals surface area contributed by atoms with E-state index in [1.54, 1.807) is 20.8 Å². The molecule has 3 N–H and O–H groups in total. The van der Waals surface area contributed by atoms with Gasteiger partial charge >= 0.3 is 11.9 Å². The van der Waals surface area contributed by atoms with Gasteiger partial charge in [-0.3, -0.25) is 9.59 Å². The van der Waals surface area contributed by atoms with Gasteiger partial charge in [0.2, 0.25) is 0 Å². The molecule has 0 aliphatic carbocycles. The van der Waals surface area contributed by atoms with Crippen molar-refractivity contribution in [2.24, 2.45) is 5.73 Å². The van der Waals surface area contributed by atoms with E-state index in [0.29, 0.717) is 0 Å². The Bertz CT molecular complexity index is 319. The number of carboxylic acids is 1. The number of hydrogen-bond acceptors (Lipinski definition) is 4. The van der Waals surface area contributed by atoms with Crippen molar-refractivity contribution in [2.45, 2.75) is 45.3 Å². The van der Waals surface area contributed by atoms with Gasteiger partial charge in [-0.25, -0.2) is 0 Å². The third-order valence-corrected chi connectivity index (χ3v) is 1.42. The number of carbonyl (C=O) groups excluding carboxylic acids is 1. The molecule has 0 bridgehead atoms. The van der Waals surface area contributed by atoms with Crippen LogP contribution in [0.5, 0.6) is 0 Å². The molecule has 0 radical (unpaired) electrons. The topological polar surface area (TPSA) is 89.6 Å².